The standard InChI is InChI=1S/C23H25N3O4S/c27-23(22-15-20(16-24-22)31(28,29)26-11-13-30-14-12-26)25-17-21(18-7-3-1-4-8-18)19-9-5-2-6-10-19/h1-10,15-16,21,24H,11-14,17H2,(H,25,27). The van der Waals surface area contributed by atoms with Gasteiger partial charge in [-0.3, -0.25) is 4.79 Å². The number of nitrogens with zero attached hydrogens (tertiary/aromatic N) is 1. The Hall–Kier alpha value is -2.94. The van der Waals surface area contributed by atoms with Crippen LogP contribution in [0, 0.1) is 0 Å². The normalized spacial score (nSPS) is 15.1. The molecule has 0 unspecified atom stereocenters. The highest BCUT2D eigenvalue weighted by Crippen LogP contribution is 2.24. The molecule has 0 spiro atoms. The third kappa shape index (κ3) is 4.87. The maximum atomic E-state index is 12.8. The van der Waals surface area contributed by atoms with Crippen LogP contribution in [-0.4, -0.2) is 56.5 Å². The lowest BCUT2D eigenvalue weighted by molar-refractivity contribution is 0.0730. The predicted molar refractivity (Wildman–Crippen MR) is 117 cm³/mol. The summed E-state index contributed by atoms with van der Waals surface area (Å²) in [5.41, 5.74) is 2.40. The highest BCUT2D eigenvalue weighted by atomic mass is 32.2. The second kappa shape index (κ2) is 9.47. The molecule has 1 aliphatic heterocycles. The van der Waals surface area contributed by atoms with Gasteiger partial charge in [0.25, 0.3) is 5.91 Å². The number of aromatic nitrogens is 1. The molecule has 1 aliphatic rings. The van der Waals surface area contributed by atoms with Gasteiger partial charge in [-0.2, -0.15) is 4.31 Å². The molecular formula is C23H25N3O4S. The lowest BCUT2D eigenvalue weighted by Gasteiger charge is -2.25. The van der Waals surface area contributed by atoms with Crippen molar-refractivity contribution < 1.29 is 17.9 Å². The number of H-pyrrole nitrogens is 1. The first-order valence-electron chi connectivity index (χ1n) is 10.2. The van der Waals surface area contributed by atoms with E-state index in [1.165, 1.54) is 16.6 Å². The molecule has 0 bridgehead atoms. The van der Waals surface area contributed by atoms with E-state index < -0.39 is 10.0 Å². The molecule has 0 saturated carbocycles. The zero-order valence-electron chi connectivity index (χ0n) is 17.0. The summed E-state index contributed by atoms with van der Waals surface area (Å²) in [6.07, 6.45) is 1.37. The summed E-state index contributed by atoms with van der Waals surface area (Å²) in [5, 5.41) is 2.94. The van der Waals surface area contributed by atoms with E-state index in [9.17, 15) is 13.2 Å². The molecule has 0 atom stereocenters. The molecule has 4 rings (SSSR count). The number of hydrogen-bond acceptors (Lipinski definition) is 4. The molecule has 2 N–H and O–H groups in total. The summed E-state index contributed by atoms with van der Waals surface area (Å²) in [7, 11) is -3.65. The van der Waals surface area contributed by atoms with Crippen molar-refractivity contribution in [2.24, 2.45) is 0 Å². The number of hydrogen-bond donors (Lipinski definition) is 2. The van der Waals surface area contributed by atoms with Gasteiger partial charge in [-0.15, -0.1) is 0 Å². The van der Waals surface area contributed by atoms with E-state index in [0.29, 0.717) is 32.8 Å². The average Bonchev–Trinajstić information content (AvgIpc) is 3.33. The molecule has 7 nitrogen and oxygen atoms in total. The summed E-state index contributed by atoms with van der Waals surface area (Å²) in [6.45, 7) is 1.75. The minimum absolute atomic E-state index is 0.0159. The predicted octanol–water partition coefficient (Wildman–Crippen LogP) is 2.60. The van der Waals surface area contributed by atoms with Crippen LogP contribution < -0.4 is 5.32 Å². The van der Waals surface area contributed by atoms with E-state index in [4.69, 9.17) is 4.74 Å². The topological polar surface area (TPSA) is 91.5 Å². The van der Waals surface area contributed by atoms with Crippen LogP contribution in [0.2, 0.25) is 0 Å². The highest BCUT2D eigenvalue weighted by molar-refractivity contribution is 7.89. The van der Waals surface area contributed by atoms with Crippen molar-refractivity contribution in [3.63, 3.8) is 0 Å². The molecule has 2 aromatic carbocycles. The lowest BCUT2D eigenvalue weighted by Crippen LogP contribution is -2.40. The molecule has 0 aliphatic carbocycles. The molecular weight excluding hydrogens is 414 g/mol. The van der Waals surface area contributed by atoms with E-state index in [1.54, 1.807) is 0 Å². The molecule has 1 fully saturated rings. The smallest absolute Gasteiger partial charge is 0.267 e. The van der Waals surface area contributed by atoms with E-state index in [2.05, 4.69) is 10.3 Å². The van der Waals surface area contributed by atoms with Gasteiger partial charge in [-0.25, -0.2) is 8.42 Å². The quantitative estimate of drug-likeness (QED) is 0.592. The van der Waals surface area contributed by atoms with Gasteiger partial charge in [-0.1, -0.05) is 60.7 Å². The van der Waals surface area contributed by atoms with Gasteiger partial charge >= 0.3 is 0 Å². The molecule has 31 heavy (non-hydrogen) atoms. The van der Waals surface area contributed by atoms with Crippen LogP contribution in [0.15, 0.2) is 77.8 Å². The van der Waals surface area contributed by atoms with Crippen molar-refractivity contribution in [2.75, 3.05) is 32.8 Å². The molecule has 2 heterocycles. The minimum atomic E-state index is -3.65. The van der Waals surface area contributed by atoms with Crippen LogP contribution in [-0.2, 0) is 14.8 Å². The number of sulfonamides is 1. The second-order valence-electron chi connectivity index (χ2n) is 7.35. The molecule has 1 saturated heterocycles. The maximum absolute atomic E-state index is 12.8. The fourth-order valence-electron chi connectivity index (χ4n) is 3.68. The molecule has 0 radical (unpaired) electrons. The third-order valence-electron chi connectivity index (χ3n) is 5.38. The average molecular weight is 440 g/mol. The van der Waals surface area contributed by atoms with Gasteiger partial charge in [0.1, 0.15) is 10.6 Å². The number of benzene rings is 2. The third-order valence-corrected chi connectivity index (χ3v) is 7.26. The zero-order valence-corrected chi connectivity index (χ0v) is 17.8. The van der Waals surface area contributed by atoms with Gasteiger partial charge in [0.05, 0.1) is 13.2 Å². The van der Waals surface area contributed by atoms with E-state index in [-0.39, 0.29) is 22.4 Å². The number of nitrogens with one attached hydrogen (secondary N) is 2. The summed E-state index contributed by atoms with van der Waals surface area (Å²) in [4.78, 5) is 15.6. The van der Waals surface area contributed by atoms with Gasteiger partial charge in [0.15, 0.2) is 0 Å². The first-order valence-corrected chi connectivity index (χ1v) is 11.6. The maximum Gasteiger partial charge on any atom is 0.267 e. The van der Waals surface area contributed by atoms with Crippen LogP contribution in [0.4, 0.5) is 0 Å². The van der Waals surface area contributed by atoms with Crippen LogP contribution in [0.25, 0.3) is 0 Å². The monoisotopic (exact) mass is 439 g/mol. The van der Waals surface area contributed by atoms with Crippen molar-refractivity contribution in [1.82, 2.24) is 14.6 Å². The Labute approximate surface area is 182 Å². The van der Waals surface area contributed by atoms with Crippen LogP contribution in [0.3, 0.4) is 0 Å². The number of aromatic amines is 1. The Balaban J connectivity index is 1.48. The largest absolute Gasteiger partial charge is 0.379 e. The number of ether oxygens (including phenoxy) is 1. The Bertz CT molecular complexity index is 1070. The van der Waals surface area contributed by atoms with Gasteiger partial charge in [0, 0.05) is 31.7 Å². The van der Waals surface area contributed by atoms with Crippen LogP contribution in [0.5, 0.6) is 0 Å². The summed E-state index contributed by atoms with van der Waals surface area (Å²) in [5.74, 6) is -0.363. The first-order chi connectivity index (χ1) is 15.1. The fraction of sp³-hybridized carbons (Fsp3) is 0.261. The first kappa shape index (κ1) is 21.3. The highest BCUT2D eigenvalue weighted by Gasteiger charge is 2.28. The summed E-state index contributed by atoms with van der Waals surface area (Å²) >= 11 is 0. The van der Waals surface area contributed by atoms with Crippen molar-refractivity contribution >= 4 is 15.9 Å². The molecule has 3 aromatic rings. The second-order valence-corrected chi connectivity index (χ2v) is 9.29. The SMILES string of the molecule is O=C(NCC(c1ccccc1)c1ccccc1)c1cc(S(=O)(=O)N2CCOCC2)c[nH]1. The number of morpholine rings is 1. The van der Waals surface area contributed by atoms with Crippen molar-refractivity contribution in [2.45, 2.75) is 10.8 Å². The molecule has 1 aromatic heterocycles. The Morgan fingerprint density at radius 3 is 2.16 bits per heavy atom. The van der Waals surface area contributed by atoms with Gasteiger partial charge in [0.2, 0.25) is 10.0 Å². The zero-order chi connectivity index (χ0) is 21.7. The molecule has 162 valence electrons. The number of carbonyl (C=O) groups is 1. The molecule has 8 heteroatoms. The minimum Gasteiger partial charge on any atom is -0.379 e. The fourth-order valence-corrected chi connectivity index (χ4v) is 5.08. The Morgan fingerprint density at radius 2 is 1.58 bits per heavy atom. The van der Waals surface area contributed by atoms with Crippen molar-refractivity contribution in [3.8, 4) is 0 Å². The summed E-state index contributed by atoms with van der Waals surface area (Å²) in [6, 6.07) is 21.3. The van der Waals surface area contributed by atoms with Crippen molar-refractivity contribution in [3.05, 3.63) is 89.7 Å². The lowest BCUT2D eigenvalue weighted by atomic mass is 9.91. The van der Waals surface area contributed by atoms with Crippen LogP contribution in [0.1, 0.15) is 27.5 Å². The van der Waals surface area contributed by atoms with Crippen molar-refractivity contribution in [1.29, 1.82) is 0 Å². The molecule has 1 amide bonds. The van der Waals surface area contributed by atoms with E-state index >= 15 is 0 Å². The van der Waals surface area contributed by atoms with Gasteiger partial charge in [-0.05, 0) is 17.2 Å². The van der Waals surface area contributed by atoms with E-state index in [0.717, 1.165) is 11.1 Å². The Kier molecular flexibility index (Phi) is 6.50. The van der Waals surface area contributed by atoms with E-state index in [1.807, 2.05) is 60.7 Å². The number of rotatable bonds is 7. The Morgan fingerprint density at radius 1 is 1.00 bits per heavy atom. The van der Waals surface area contributed by atoms with Gasteiger partial charge < -0.3 is 15.0 Å². The number of carbonyl (C=O) groups excluding carboxylic acids is 1. The van der Waals surface area contributed by atoms with Crippen LogP contribution >= 0.6 is 0 Å². The summed E-state index contributed by atoms with van der Waals surface area (Å²) < 4.78 is 32.2. The number of amides is 1.